The first kappa shape index (κ1) is 13.1. The summed E-state index contributed by atoms with van der Waals surface area (Å²) in [7, 11) is 0. The number of hydrogen-bond acceptors (Lipinski definition) is 3. The van der Waals surface area contributed by atoms with Crippen LogP contribution in [0.25, 0.3) is 11.1 Å². The summed E-state index contributed by atoms with van der Waals surface area (Å²) in [6.07, 6.45) is 0. The van der Waals surface area contributed by atoms with Crippen LogP contribution in [-0.4, -0.2) is 10.8 Å². The Morgan fingerprint density at radius 3 is 2.80 bits per heavy atom. The molecule has 0 spiro atoms. The molecule has 0 fully saturated rings. The molecule has 100 valence electrons. The van der Waals surface area contributed by atoms with Gasteiger partial charge in [0, 0.05) is 15.6 Å². The van der Waals surface area contributed by atoms with E-state index in [0.717, 1.165) is 4.47 Å². The van der Waals surface area contributed by atoms with E-state index in [1.807, 2.05) is 0 Å². The van der Waals surface area contributed by atoms with E-state index in [2.05, 4.69) is 20.9 Å². The van der Waals surface area contributed by atoms with Crippen molar-refractivity contribution in [2.24, 2.45) is 0 Å². The largest absolute Gasteiger partial charge is 0.417 e. The van der Waals surface area contributed by atoms with Gasteiger partial charge in [0.2, 0.25) is 0 Å². The molecular weight excluding hydrogens is 346 g/mol. The van der Waals surface area contributed by atoms with Crippen molar-refractivity contribution in [1.29, 1.82) is 0 Å². The third-order valence-electron chi connectivity index (χ3n) is 2.86. The van der Waals surface area contributed by atoms with Crippen LogP contribution >= 0.6 is 27.5 Å². The normalized spacial score (nSPS) is 10.9. The quantitative estimate of drug-likeness (QED) is 0.714. The fourth-order valence-electron chi connectivity index (χ4n) is 1.91. The monoisotopic (exact) mass is 351 g/mol. The van der Waals surface area contributed by atoms with Gasteiger partial charge in [0.25, 0.3) is 0 Å². The van der Waals surface area contributed by atoms with Crippen LogP contribution in [-0.2, 0) is 0 Å². The highest BCUT2D eigenvalue weighted by molar-refractivity contribution is 9.10. The van der Waals surface area contributed by atoms with Crippen LogP contribution in [0.1, 0.15) is 15.9 Å². The van der Waals surface area contributed by atoms with E-state index in [1.54, 1.807) is 30.3 Å². The Bertz CT molecular complexity index is 882. The van der Waals surface area contributed by atoms with Crippen LogP contribution in [0.3, 0.4) is 0 Å². The van der Waals surface area contributed by atoms with Gasteiger partial charge in [0.1, 0.15) is 0 Å². The molecule has 0 bridgehead atoms. The molecule has 0 atom stereocenters. The molecule has 4 nitrogen and oxygen atoms in total. The number of benzene rings is 2. The van der Waals surface area contributed by atoms with Crippen LogP contribution in [0.4, 0.5) is 0 Å². The second-order valence-corrected chi connectivity index (χ2v) is 5.50. The van der Waals surface area contributed by atoms with E-state index >= 15 is 0 Å². The third kappa shape index (κ3) is 2.30. The molecule has 6 heteroatoms. The molecule has 3 rings (SSSR count). The fourth-order valence-corrected chi connectivity index (χ4v) is 2.48. The van der Waals surface area contributed by atoms with Crippen molar-refractivity contribution in [3.63, 3.8) is 0 Å². The van der Waals surface area contributed by atoms with Crippen molar-refractivity contribution in [1.82, 2.24) is 4.98 Å². The Hall–Kier alpha value is -1.85. The first-order chi connectivity index (χ1) is 9.54. The molecule has 3 aromatic rings. The lowest BCUT2D eigenvalue weighted by molar-refractivity contribution is 0.103. The number of rotatable bonds is 2. The predicted molar refractivity (Wildman–Crippen MR) is 79.4 cm³/mol. The van der Waals surface area contributed by atoms with Gasteiger partial charge in [-0.05, 0) is 36.4 Å². The van der Waals surface area contributed by atoms with Gasteiger partial charge in [0.15, 0.2) is 11.4 Å². The summed E-state index contributed by atoms with van der Waals surface area (Å²) in [4.78, 5) is 26.1. The summed E-state index contributed by atoms with van der Waals surface area (Å²) in [6.45, 7) is 0. The first-order valence-corrected chi connectivity index (χ1v) is 6.84. The second-order valence-electron chi connectivity index (χ2n) is 4.18. The molecule has 1 heterocycles. The van der Waals surface area contributed by atoms with Crippen molar-refractivity contribution in [2.45, 2.75) is 0 Å². The molecule has 0 aliphatic heterocycles. The zero-order chi connectivity index (χ0) is 14.3. The second kappa shape index (κ2) is 4.92. The van der Waals surface area contributed by atoms with Crippen LogP contribution in [0.2, 0.25) is 5.02 Å². The highest BCUT2D eigenvalue weighted by atomic mass is 79.9. The minimum absolute atomic E-state index is 0.234. The number of oxazole rings is 1. The number of nitrogens with one attached hydrogen (secondary N) is 1. The lowest BCUT2D eigenvalue weighted by atomic mass is 10.0. The van der Waals surface area contributed by atoms with E-state index < -0.39 is 5.76 Å². The molecule has 0 saturated heterocycles. The van der Waals surface area contributed by atoms with Gasteiger partial charge in [-0.3, -0.25) is 9.78 Å². The van der Waals surface area contributed by atoms with Crippen LogP contribution < -0.4 is 5.76 Å². The number of carbonyl (C=O) groups excluding carboxylic acids is 1. The number of carbonyl (C=O) groups is 1. The Labute approximate surface area is 126 Å². The number of ketones is 1. The lowest BCUT2D eigenvalue weighted by Crippen LogP contribution is -2.02. The Morgan fingerprint density at radius 2 is 2.00 bits per heavy atom. The van der Waals surface area contributed by atoms with Gasteiger partial charge in [0.05, 0.1) is 10.5 Å². The van der Waals surface area contributed by atoms with E-state index in [-0.39, 0.29) is 5.78 Å². The van der Waals surface area contributed by atoms with Crippen molar-refractivity contribution < 1.29 is 9.21 Å². The van der Waals surface area contributed by atoms with E-state index in [4.69, 9.17) is 16.0 Å². The fraction of sp³-hybridized carbons (Fsp3) is 0. The average Bonchev–Trinajstić information content (AvgIpc) is 2.79. The standard InChI is InChI=1S/C14H7BrClNO3/c15-8-2-3-10(16)9(6-8)13(18)7-1-4-11-12(5-7)20-14(19)17-11/h1-6H,(H,17,19). The van der Waals surface area contributed by atoms with Crippen molar-refractivity contribution in [3.8, 4) is 0 Å². The SMILES string of the molecule is O=C(c1ccc2[nH]c(=O)oc2c1)c1cc(Br)ccc1Cl. The minimum atomic E-state index is -0.551. The summed E-state index contributed by atoms with van der Waals surface area (Å²) in [5, 5.41) is 0.369. The maximum absolute atomic E-state index is 12.4. The Balaban J connectivity index is 2.12. The highest BCUT2D eigenvalue weighted by Gasteiger charge is 2.15. The molecule has 20 heavy (non-hydrogen) atoms. The number of hydrogen-bond donors (Lipinski definition) is 1. The van der Waals surface area contributed by atoms with Crippen molar-refractivity contribution in [2.75, 3.05) is 0 Å². The molecule has 2 aromatic carbocycles. The molecular formula is C14H7BrClNO3. The van der Waals surface area contributed by atoms with Crippen molar-refractivity contribution in [3.05, 3.63) is 67.6 Å². The van der Waals surface area contributed by atoms with Gasteiger partial charge in [-0.2, -0.15) is 0 Å². The summed E-state index contributed by atoms with van der Waals surface area (Å²) in [5.41, 5.74) is 1.68. The lowest BCUT2D eigenvalue weighted by Gasteiger charge is -2.04. The van der Waals surface area contributed by atoms with Crippen LogP contribution in [0.15, 0.2) is 50.1 Å². The summed E-state index contributed by atoms with van der Waals surface area (Å²) in [6, 6.07) is 9.82. The summed E-state index contributed by atoms with van der Waals surface area (Å²) in [5.74, 6) is -0.785. The van der Waals surface area contributed by atoms with E-state index in [1.165, 1.54) is 6.07 Å². The molecule has 0 aliphatic carbocycles. The highest BCUT2D eigenvalue weighted by Crippen LogP contribution is 2.24. The molecule has 1 N–H and O–H groups in total. The number of aromatic nitrogens is 1. The van der Waals surface area contributed by atoms with Gasteiger partial charge < -0.3 is 4.42 Å². The topological polar surface area (TPSA) is 63.1 Å². The Morgan fingerprint density at radius 1 is 1.20 bits per heavy atom. The van der Waals surface area contributed by atoms with Gasteiger partial charge in [-0.25, -0.2) is 4.79 Å². The molecule has 0 aliphatic rings. The smallest absolute Gasteiger partial charge is 0.408 e. The van der Waals surface area contributed by atoms with Gasteiger partial charge in [-0.15, -0.1) is 0 Å². The minimum Gasteiger partial charge on any atom is -0.408 e. The molecule has 0 radical (unpaired) electrons. The average molecular weight is 353 g/mol. The molecule has 0 unspecified atom stereocenters. The van der Waals surface area contributed by atoms with E-state index in [0.29, 0.717) is 27.2 Å². The first-order valence-electron chi connectivity index (χ1n) is 5.67. The third-order valence-corrected chi connectivity index (χ3v) is 3.68. The zero-order valence-corrected chi connectivity index (χ0v) is 12.3. The molecule has 0 saturated carbocycles. The number of fused-ring (bicyclic) bond motifs is 1. The predicted octanol–water partition coefficient (Wildman–Crippen LogP) is 3.77. The zero-order valence-electron chi connectivity index (χ0n) is 9.94. The molecule has 1 aromatic heterocycles. The van der Waals surface area contributed by atoms with Crippen molar-refractivity contribution >= 4 is 44.4 Å². The Kier molecular flexibility index (Phi) is 3.23. The van der Waals surface area contributed by atoms with Crippen LogP contribution in [0.5, 0.6) is 0 Å². The van der Waals surface area contributed by atoms with Gasteiger partial charge in [-0.1, -0.05) is 27.5 Å². The maximum Gasteiger partial charge on any atom is 0.417 e. The van der Waals surface area contributed by atoms with E-state index in [9.17, 15) is 9.59 Å². The number of halogens is 2. The van der Waals surface area contributed by atoms with Crippen LogP contribution in [0, 0.1) is 0 Å². The van der Waals surface area contributed by atoms with Gasteiger partial charge >= 0.3 is 5.76 Å². The maximum atomic E-state index is 12.4. The summed E-state index contributed by atoms with van der Waals surface area (Å²) >= 11 is 9.35. The number of aromatic amines is 1. The molecule has 0 amide bonds. The number of H-pyrrole nitrogens is 1. The summed E-state index contributed by atoms with van der Waals surface area (Å²) < 4.78 is 5.71.